The molecule has 0 unspecified atom stereocenters. The minimum absolute atomic E-state index is 0.0142. The summed E-state index contributed by atoms with van der Waals surface area (Å²) in [5, 5.41) is 7.16. The summed E-state index contributed by atoms with van der Waals surface area (Å²) >= 11 is 5.54. The van der Waals surface area contributed by atoms with E-state index in [1.807, 2.05) is 0 Å². The third-order valence-electron chi connectivity index (χ3n) is 2.02. The maximum absolute atomic E-state index is 13.2. The third-order valence-corrected chi connectivity index (χ3v) is 2.32. The van der Waals surface area contributed by atoms with Crippen LogP contribution in [0.4, 0.5) is 4.39 Å². The maximum Gasteiger partial charge on any atom is 0.237 e. The first-order valence-corrected chi connectivity index (χ1v) is 5.23. The van der Waals surface area contributed by atoms with Crippen molar-refractivity contribution < 1.29 is 9.13 Å². The van der Waals surface area contributed by atoms with Crippen LogP contribution in [0.3, 0.4) is 0 Å². The second-order valence-corrected chi connectivity index (χ2v) is 3.74. The Balaban J connectivity index is 2.18. The molecule has 0 bridgehead atoms. The maximum atomic E-state index is 13.2. The fraction of sp³-hybridized carbons (Fsp3) is 0. The van der Waals surface area contributed by atoms with Crippen molar-refractivity contribution in [2.75, 3.05) is 0 Å². The van der Waals surface area contributed by atoms with Crippen molar-refractivity contribution in [1.82, 2.24) is 9.97 Å². The molecule has 0 aliphatic heterocycles. The van der Waals surface area contributed by atoms with Crippen LogP contribution in [0, 0.1) is 11.2 Å². The van der Waals surface area contributed by atoms with E-state index in [0.717, 1.165) is 6.07 Å². The number of hydrogen-bond donors (Lipinski definition) is 2. The molecule has 1 aromatic carbocycles. The number of amidine groups is 1. The highest BCUT2D eigenvalue weighted by molar-refractivity contribution is 6.30. The molecule has 1 heterocycles. The molecule has 0 aliphatic carbocycles. The van der Waals surface area contributed by atoms with Gasteiger partial charge in [-0.3, -0.25) is 5.41 Å². The fourth-order valence-corrected chi connectivity index (χ4v) is 1.29. The molecule has 0 saturated carbocycles. The molecular weight excluding hydrogens is 259 g/mol. The van der Waals surface area contributed by atoms with Crippen molar-refractivity contribution in [3.8, 4) is 11.6 Å². The Kier molecular flexibility index (Phi) is 3.38. The lowest BCUT2D eigenvalue weighted by Crippen LogP contribution is -2.13. The zero-order valence-electron chi connectivity index (χ0n) is 9.02. The van der Waals surface area contributed by atoms with Crippen LogP contribution < -0.4 is 10.5 Å². The normalized spacial score (nSPS) is 10.1. The van der Waals surface area contributed by atoms with Crippen LogP contribution in [0.15, 0.2) is 30.6 Å². The van der Waals surface area contributed by atoms with Gasteiger partial charge in [0.25, 0.3) is 0 Å². The van der Waals surface area contributed by atoms with E-state index in [1.165, 1.54) is 24.5 Å². The smallest absolute Gasteiger partial charge is 0.237 e. The monoisotopic (exact) mass is 266 g/mol. The SMILES string of the molecule is N=C(N)c1cnc(Oc2ccc(Cl)c(F)c2)cn1. The summed E-state index contributed by atoms with van der Waals surface area (Å²) in [4.78, 5) is 7.74. The number of aromatic nitrogens is 2. The Labute approximate surface area is 107 Å². The van der Waals surface area contributed by atoms with Crippen LogP contribution in [0.1, 0.15) is 5.69 Å². The first kappa shape index (κ1) is 12.3. The molecule has 2 aromatic rings. The van der Waals surface area contributed by atoms with Crippen LogP contribution in [-0.2, 0) is 0 Å². The summed E-state index contributed by atoms with van der Waals surface area (Å²) in [6.45, 7) is 0. The quantitative estimate of drug-likeness (QED) is 0.660. The van der Waals surface area contributed by atoms with Gasteiger partial charge < -0.3 is 10.5 Å². The molecule has 1 aromatic heterocycles. The van der Waals surface area contributed by atoms with E-state index >= 15 is 0 Å². The van der Waals surface area contributed by atoms with Crippen molar-refractivity contribution in [3.63, 3.8) is 0 Å². The van der Waals surface area contributed by atoms with E-state index in [9.17, 15) is 4.39 Å². The van der Waals surface area contributed by atoms with E-state index in [1.54, 1.807) is 0 Å². The number of benzene rings is 1. The van der Waals surface area contributed by atoms with Crippen molar-refractivity contribution in [2.45, 2.75) is 0 Å². The van der Waals surface area contributed by atoms with Gasteiger partial charge in [0.2, 0.25) is 5.88 Å². The Hall–Kier alpha value is -2.21. The van der Waals surface area contributed by atoms with E-state index in [2.05, 4.69) is 9.97 Å². The van der Waals surface area contributed by atoms with Gasteiger partial charge >= 0.3 is 0 Å². The molecular formula is C11H8ClFN4O. The Bertz CT molecular complexity index is 588. The third kappa shape index (κ3) is 2.72. The van der Waals surface area contributed by atoms with Gasteiger partial charge in [-0.2, -0.15) is 0 Å². The number of nitrogens with one attached hydrogen (secondary N) is 1. The molecule has 3 N–H and O–H groups in total. The van der Waals surface area contributed by atoms with Gasteiger partial charge in [-0.05, 0) is 12.1 Å². The predicted molar refractivity (Wildman–Crippen MR) is 64.5 cm³/mol. The van der Waals surface area contributed by atoms with Crippen molar-refractivity contribution in [2.24, 2.45) is 5.73 Å². The largest absolute Gasteiger partial charge is 0.437 e. The average molecular weight is 267 g/mol. The number of nitrogens with two attached hydrogens (primary N) is 1. The van der Waals surface area contributed by atoms with Gasteiger partial charge in [-0.25, -0.2) is 14.4 Å². The molecule has 5 nitrogen and oxygen atoms in total. The summed E-state index contributed by atoms with van der Waals surface area (Å²) < 4.78 is 18.4. The minimum Gasteiger partial charge on any atom is -0.437 e. The van der Waals surface area contributed by atoms with Crippen LogP contribution in [0.5, 0.6) is 11.6 Å². The van der Waals surface area contributed by atoms with Gasteiger partial charge in [0, 0.05) is 6.07 Å². The van der Waals surface area contributed by atoms with E-state index in [-0.39, 0.29) is 28.2 Å². The second-order valence-electron chi connectivity index (χ2n) is 3.33. The Morgan fingerprint density at radius 2 is 2.11 bits per heavy atom. The number of ether oxygens (including phenoxy) is 1. The lowest BCUT2D eigenvalue weighted by atomic mass is 10.3. The summed E-state index contributed by atoms with van der Waals surface area (Å²) in [6, 6.07) is 4.03. The highest BCUT2D eigenvalue weighted by Crippen LogP contribution is 2.23. The minimum atomic E-state index is -0.581. The molecule has 18 heavy (non-hydrogen) atoms. The topological polar surface area (TPSA) is 84.9 Å². The van der Waals surface area contributed by atoms with Gasteiger partial charge in [0.15, 0.2) is 0 Å². The molecule has 0 spiro atoms. The fourth-order valence-electron chi connectivity index (χ4n) is 1.17. The van der Waals surface area contributed by atoms with E-state index in [4.69, 9.17) is 27.5 Å². The summed E-state index contributed by atoms with van der Waals surface area (Å²) in [5.41, 5.74) is 5.47. The summed E-state index contributed by atoms with van der Waals surface area (Å²) in [7, 11) is 0. The van der Waals surface area contributed by atoms with E-state index < -0.39 is 5.82 Å². The zero-order chi connectivity index (χ0) is 13.1. The van der Waals surface area contributed by atoms with Gasteiger partial charge in [0.05, 0.1) is 17.4 Å². The molecule has 0 radical (unpaired) electrons. The molecule has 0 fully saturated rings. The van der Waals surface area contributed by atoms with Crippen LogP contribution in [0.2, 0.25) is 5.02 Å². The van der Waals surface area contributed by atoms with Crippen molar-refractivity contribution in [1.29, 1.82) is 5.41 Å². The Morgan fingerprint density at radius 3 is 2.67 bits per heavy atom. The molecule has 0 saturated heterocycles. The molecule has 0 atom stereocenters. The molecule has 0 amide bonds. The molecule has 2 rings (SSSR count). The number of halogens is 2. The van der Waals surface area contributed by atoms with Gasteiger partial charge in [0.1, 0.15) is 23.1 Å². The number of hydrogen-bond acceptors (Lipinski definition) is 4. The molecule has 0 aliphatic rings. The summed E-state index contributed by atoms with van der Waals surface area (Å²) in [5.74, 6) is -0.349. The zero-order valence-corrected chi connectivity index (χ0v) is 9.78. The molecule has 92 valence electrons. The van der Waals surface area contributed by atoms with Crippen molar-refractivity contribution in [3.05, 3.63) is 47.1 Å². The number of nitrogens with zero attached hydrogens (tertiary/aromatic N) is 2. The molecule has 7 heteroatoms. The highest BCUT2D eigenvalue weighted by atomic mass is 35.5. The van der Waals surface area contributed by atoms with Gasteiger partial charge in [-0.15, -0.1) is 0 Å². The first-order valence-electron chi connectivity index (χ1n) is 4.85. The highest BCUT2D eigenvalue weighted by Gasteiger charge is 2.05. The predicted octanol–water partition coefficient (Wildman–Crippen LogP) is 2.35. The lowest BCUT2D eigenvalue weighted by molar-refractivity contribution is 0.455. The Morgan fingerprint density at radius 1 is 1.33 bits per heavy atom. The lowest BCUT2D eigenvalue weighted by Gasteiger charge is -2.05. The second kappa shape index (κ2) is 4.97. The van der Waals surface area contributed by atoms with Crippen molar-refractivity contribution >= 4 is 17.4 Å². The van der Waals surface area contributed by atoms with Crippen LogP contribution >= 0.6 is 11.6 Å². The standard InChI is InChI=1S/C11H8ClFN4O/c12-7-2-1-6(3-8(7)13)18-10-5-16-9(4-17-10)11(14)15/h1-5H,(H3,14,15). The van der Waals surface area contributed by atoms with Gasteiger partial charge in [-0.1, -0.05) is 11.6 Å². The van der Waals surface area contributed by atoms with E-state index in [0.29, 0.717) is 0 Å². The summed E-state index contributed by atoms with van der Waals surface area (Å²) in [6.07, 6.45) is 2.59. The average Bonchev–Trinajstić information content (AvgIpc) is 2.34. The number of nitrogen functional groups attached to an aromatic ring is 1. The van der Waals surface area contributed by atoms with Crippen LogP contribution in [-0.4, -0.2) is 15.8 Å². The first-order chi connectivity index (χ1) is 8.56. The number of rotatable bonds is 3. The van der Waals surface area contributed by atoms with Crippen LogP contribution in [0.25, 0.3) is 0 Å².